The first-order chi connectivity index (χ1) is 7.70. The zero-order valence-electron chi connectivity index (χ0n) is 9.57. The fourth-order valence-electron chi connectivity index (χ4n) is 1.84. The van der Waals surface area contributed by atoms with Crippen molar-refractivity contribution < 1.29 is 9.84 Å². The van der Waals surface area contributed by atoms with Gasteiger partial charge in [0.25, 0.3) is 0 Å². The Kier molecular flexibility index (Phi) is 3.41. The van der Waals surface area contributed by atoms with E-state index in [0.29, 0.717) is 32.6 Å². The van der Waals surface area contributed by atoms with E-state index in [9.17, 15) is 5.11 Å². The molecule has 2 N–H and O–H groups in total. The van der Waals surface area contributed by atoms with Gasteiger partial charge in [0.2, 0.25) is 0 Å². The Morgan fingerprint density at radius 3 is 2.94 bits per heavy atom. The van der Waals surface area contributed by atoms with Gasteiger partial charge in [-0.2, -0.15) is 0 Å². The Hall–Kier alpha value is -1.13. The van der Waals surface area contributed by atoms with Crippen molar-refractivity contribution in [2.75, 3.05) is 25.1 Å². The van der Waals surface area contributed by atoms with E-state index in [1.165, 1.54) is 0 Å². The summed E-state index contributed by atoms with van der Waals surface area (Å²) in [5.41, 5.74) is 1.49. The maximum absolute atomic E-state index is 10.3. The van der Waals surface area contributed by atoms with Crippen molar-refractivity contribution >= 4 is 5.69 Å². The lowest BCUT2D eigenvalue weighted by molar-refractivity contribution is -0.0543. The molecule has 0 bridgehead atoms. The van der Waals surface area contributed by atoms with Crippen LogP contribution < -0.4 is 5.32 Å². The number of nitrogens with zero attached hydrogens (tertiary/aromatic N) is 1. The number of aryl methyl sites for hydroxylation is 1. The Balaban J connectivity index is 1.94. The van der Waals surface area contributed by atoms with Gasteiger partial charge in [-0.05, 0) is 18.6 Å². The minimum Gasteiger partial charge on any atom is -0.388 e. The van der Waals surface area contributed by atoms with Gasteiger partial charge in [0.15, 0.2) is 0 Å². The number of aliphatic hydroxyl groups is 1. The highest BCUT2D eigenvalue weighted by Crippen LogP contribution is 2.21. The fraction of sp³-hybridized carbons (Fsp3) is 0.583. The zero-order valence-corrected chi connectivity index (χ0v) is 9.57. The van der Waals surface area contributed by atoms with E-state index in [4.69, 9.17) is 4.74 Å². The minimum atomic E-state index is -0.638. The van der Waals surface area contributed by atoms with Gasteiger partial charge in [0.05, 0.1) is 17.5 Å². The van der Waals surface area contributed by atoms with Crippen LogP contribution in [0, 0.1) is 6.92 Å². The molecule has 1 aliphatic heterocycles. The van der Waals surface area contributed by atoms with Gasteiger partial charge in [0, 0.05) is 38.8 Å². The molecular formula is C12H18N2O2. The number of hydrogen-bond donors (Lipinski definition) is 2. The van der Waals surface area contributed by atoms with Crippen molar-refractivity contribution in [1.29, 1.82) is 0 Å². The molecule has 1 aliphatic rings. The van der Waals surface area contributed by atoms with E-state index < -0.39 is 5.60 Å². The SMILES string of the molecule is Cc1ccncc1NCC1(O)CCOCC1. The summed E-state index contributed by atoms with van der Waals surface area (Å²) in [5, 5.41) is 13.5. The van der Waals surface area contributed by atoms with Gasteiger partial charge in [-0.3, -0.25) is 4.98 Å². The molecule has 1 fully saturated rings. The Morgan fingerprint density at radius 1 is 1.50 bits per heavy atom. The third-order valence-corrected chi connectivity index (χ3v) is 3.07. The lowest BCUT2D eigenvalue weighted by Crippen LogP contribution is -2.42. The second-order valence-corrected chi connectivity index (χ2v) is 4.38. The summed E-state index contributed by atoms with van der Waals surface area (Å²) in [6.07, 6.45) is 4.94. The molecule has 2 heterocycles. The maximum Gasteiger partial charge on any atom is 0.0863 e. The smallest absolute Gasteiger partial charge is 0.0863 e. The Labute approximate surface area is 95.7 Å². The summed E-state index contributed by atoms with van der Waals surface area (Å²) >= 11 is 0. The van der Waals surface area contributed by atoms with Gasteiger partial charge in [-0.25, -0.2) is 0 Å². The van der Waals surface area contributed by atoms with Gasteiger partial charge in [-0.1, -0.05) is 0 Å². The number of rotatable bonds is 3. The number of nitrogens with one attached hydrogen (secondary N) is 1. The lowest BCUT2D eigenvalue weighted by atomic mass is 9.94. The van der Waals surface area contributed by atoms with Crippen molar-refractivity contribution in [3.63, 3.8) is 0 Å². The molecule has 1 saturated heterocycles. The molecular weight excluding hydrogens is 204 g/mol. The number of pyridine rings is 1. The summed E-state index contributed by atoms with van der Waals surface area (Å²) in [4.78, 5) is 4.06. The van der Waals surface area contributed by atoms with E-state index in [1.807, 2.05) is 13.0 Å². The van der Waals surface area contributed by atoms with Crippen molar-refractivity contribution in [2.24, 2.45) is 0 Å². The van der Waals surface area contributed by atoms with Crippen LogP contribution in [-0.4, -0.2) is 35.5 Å². The summed E-state index contributed by atoms with van der Waals surface area (Å²) in [6, 6.07) is 1.95. The molecule has 1 aromatic rings. The highest BCUT2D eigenvalue weighted by Gasteiger charge is 2.29. The van der Waals surface area contributed by atoms with Gasteiger partial charge >= 0.3 is 0 Å². The molecule has 0 spiro atoms. The first kappa shape index (κ1) is 11.4. The van der Waals surface area contributed by atoms with Crippen LogP contribution in [-0.2, 0) is 4.74 Å². The van der Waals surface area contributed by atoms with Crippen molar-refractivity contribution in [1.82, 2.24) is 4.98 Å². The largest absolute Gasteiger partial charge is 0.388 e. The van der Waals surface area contributed by atoms with Crippen LogP contribution in [0.4, 0.5) is 5.69 Å². The first-order valence-electron chi connectivity index (χ1n) is 5.64. The molecule has 16 heavy (non-hydrogen) atoms. The van der Waals surface area contributed by atoms with Crippen LogP contribution in [0.15, 0.2) is 18.5 Å². The van der Waals surface area contributed by atoms with E-state index in [1.54, 1.807) is 12.4 Å². The first-order valence-corrected chi connectivity index (χ1v) is 5.64. The molecule has 0 atom stereocenters. The zero-order chi connectivity index (χ0) is 11.4. The van der Waals surface area contributed by atoms with Crippen LogP contribution in [0.25, 0.3) is 0 Å². The van der Waals surface area contributed by atoms with Crippen molar-refractivity contribution in [3.8, 4) is 0 Å². The topological polar surface area (TPSA) is 54.4 Å². The van der Waals surface area contributed by atoms with Gasteiger partial charge < -0.3 is 15.2 Å². The third-order valence-electron chi connectivity index (χ3n) is 3.07. The second-order valence-electron chi connectivity index (χ2n) is 4.38. The lowest BCUT2D eigenvalue weighted by Gasteiger charge is -2.32. The summed E-state index contributed by atoms with van der Waals surface area (Å²) < 4.78 is 5.24. The van der Waals surface area contributed by atoms with Crippen LogP contribution in [0.5, 0.6) is 0 Å². The van der Waals surface area contributed by atoms with Crippen LogP contribution in [0.1, 0.15) is 18.4 Å². The molecule has 0 aliphatic carbocycles. The minimum absolute atomic E-state index is 0.558. The number of aromatic nitrogens is 1. The number of ether oxygens (including phenoxy) is 1. The maximum atomic E-state index is 10.3. The fourth-order valence-corrected chi connectivity index (χ4v) is 1.84. The Morgan fingerprint density at radius 2 is 2.25 bits per heavy atom. The molecule has 0 aromatic carbocycles. The predicted molar refractivity (Wildman–Crippen MR) is 62.5 cm³/mol. The van der Waals surface area contributed by atoms with E-state index in [-0.39, 0.29) is 0 Å². The summed E-state index contributed by atoms with van der Waals surface area (Å²) in [6.45, 7) is 3.87. The van der Waals surface area contributed by atoms with E-state index in [2.05, 4.69) is 10.3 Å². The number of anilines is 1. The number of hydrogen-bond acceptors (Lipinski definition) is 4. The van der Waals surface area contributed by atoms with E-state index >= 15 is 0 Å². The van der Waals surface area contributed by atoms with Crippen LogP contribution in [0.2, 0.25) is 0 Å². The third kappa shape index (κ3) is 2.71. The molecule has 4 nitrogen and oxygen atoms in total. The molecule has 0 saturated carbocycles. The van der Waals surface area contributed by atoms with Gasteiger partial charge in [0.1, 0.15) is 0 Å². The monoisotopic (exact) mass is 222 g/mol. The van der Waals surface area contributed by atoms with Crippen molar-refractivity contribution in [3.05, 3.63) is 24.0 Å². The Bertz CT molecular complexity index is 349. The normalized spacial score (nSPS) is 19.4. The highest BCUT2D eigenvalue weighted by atomic mass is 16.5. The average molecular weight is 222 g/mol. The van der Waals surface area contributed by atoms with E-state index in [0.717, 1.165) is 11.3 Å². The van der Waals surface area contributed by atoms with Crippen LogP contribution >= 0.6 is 0 Å². The predicted octanol–water partition coefficient (Wildman–Crippen LogP) is 1.34. The molecule has 0 radical (unpaired) electrons. The molecule has 0 unspecified atom stereocenters. The molecule has 1 aromatic heterocycles. The standard InChI is InChI=1S/C12H18N2O2/c1-10-2-5-13-8-11(10)14-9-12(15)3-6-16-7-4-12/h2,5,8,14-15H,3-4,6-7,9H2,1H3. The molecule has 4 heteroatoms. The highest BCUT2D eigenvalue weighted by molar-refractivity contribution is 5.48. The van der Waals surface area contributed by atoms with Gasteiger partial charge in [-0.15, -0.1) is 0 Å². The average Bonchev–Trinajstić information content (AvgIpc) is 2.29. The summed E-state index contributed by atoms with van der Waals surface area (Å²) in [7, 11) is 0. The van der Waals surface area contributed by atoms with Crippen molar-refractivity contribution in [2.45, 2.75) is 25.4 Å². The van der Waals surface area contributed by atoms with Crippen LogP contribution in [0.3, 0.4) is 0 Å². The molecule has 88 valence electrons. The quantitative estimate of drug-likeness (QED) is 0.810. The molecule has 0 amide bonds. The second kappa shape index (κ2) is 4.80. The molecule has 2 rings (SSSR count). The summed E-state index contributed by atoms with van der Waals surface area (Å²) in [5.74, 6) is 0.